The number of non-ortho nitro benzene ring substituents is 1. The van der Waals surface area contributed by atoms with Crippen LogP contribution in [0.5, 0.6) is 0 Å². The van der Waals surface area contributed by atoms with Gasteiger partial charge >= 0.3 is 0 Å². The van der Waals surface area contributed by atoms with Crippen LogP contribution < -0.4 is 5.32 Å². The van der Waals surface area contributed by atoms with Crippen molar-refractivity contribution < 1.29 is 14.1 Å². The number of nitrogens with one attached hydrogen (secondary N) is 1. The number of hydrogen-bond donors (Lipinski definition) is 1. The number of rotatable bonds is 8. The highest BCUT2D eigenvalue weighted by molar-refractivity contribution is 7.99. The Hall–Kier alpha value is -3.20. The minimum atomic E-state index is -0.491. The zero-order chi connectivity index (χ0) is 20.8. The van der Waals surface area contributed by atoms with Crippen molar-refractivity contribution in [3.8, 4) is 11.5 Å². The second kappa shape index (κ2) is 9.33. The first-order valence-electron chi connectivity index (χ1n) is 9.07. The number of carbonyl (C=O) groups excluding carboxylic acids is 1. The van der Waals surface area contributed by atoms with E-state index < -0.39 is 4.92 Å². The van der Waals surface area contributed by atoms with E-state index in [1.807, 2.05) is 24.3 Å². The first-order valence-corrected chi connectivity index (χ1v) is 10.1. The van der Waals surface area contributed by atoms with Gasteiger partial charge in [0.2, 0.25) is 11.8 Å². The average Bonchev–Trinajstić information content (AvgIpc) is 3.21. The maximum atomic E-state index is 12.2. The van der Waals surface area contributed by atoms with Gasteiger partial charge in [-0.05, 0) is 36.1 Å². The number of nitro benzene ring substituents is 1. The second-order valence-electron chi connectivity index (χ2n) is 6.45. The molecule has 0 aliphatic rings. The van der Waals surface area contributed by atoms with Crippen molar-refractivity contribution in [1.29, 1.82) is 0 Å². The summed E-state index contributed by atoms with van der Waals surface area (Å²) in [7, 11) is 0. The molecule has 1 atom stereocenters. The fourth-order valence-corrected chi connectivity index (χ4v) is 3.16. The number of nitrogens with zero attached hydrogens (tertiary/aromatic N) is 3. The van der Waals surface area contributed by atoms with E-state index in [0.717, 1.165) is 23.9 Å². The Bertz CT molecular complexity index is 1000. The summed E-state index contributed by atoms with van der Waals surface area (Å²) in [6, 6.07) is 13.7. The van der Waals surface area contributed by atoms with Gasteiger partial charge in [-0.2, -0.15) is 0 Å². The molecule has 1 N–H and O–H groups in total. The van der Waals surface area contributed by atoms with Crippen molar-refractivity contribution in [3.63, 3.8) is 0 Å². The van der Waals surface area contributed by atoms with Crippen LogP contribution in [0.3, 0.4) is 0 Å². The lowest BCUT2D eigenvalue weighted by Crippen LogP contribution is -2.14. The standard InChI is InChI=1S/C20H20N4O4S/c1-3-13(2)14-7-9-16(10-8-14)21-18(25)12-29-20-23-22-19(28-20)15-5-4-6-17(11-15)24(26)27/h4-11,13H,3,12H2,1-2H3,(H,21,25)/t13-/m0/s1. The van der Waals surface area contributed by atoms with E-state index in [-0.39, 0.29) is 28.5 Å². The van der Waals surface area contributed by atoms with Gasteiger partial charge in [-0.25, -0.2) is 0 Å². The van der Waals surface area contributed by atoms with Gasteiger partial charge in [0.25, 0.3) is 10.9 Å². The summed E-state index contributed by atoms with van der Waals surface area (Å²) in [6.07, 6.45) is 1.06. The maximum absolute atomic E-state index is 12.2. The zero-order valence-corrected chi connectivity index (χ0v) is 16.8. The number of nitro groups is 1. The molecular formula is C20H20N4O4S. The van der Waals surface area contributed by atoms with E-state index in [9.17, 15) is 14.9 Å². The number of anilines is 1. The van der Waals surface area contributed by atoms with Gasteiger partial charge in [-0.1, -0.05) is 43.8 Å². The van der Waals surface area contributed by atoms with Crippen molar-refractivity contribution in [2.45, 2.75) is 31.4 Å². The molecule has 150 valence electrons. The highest BCUT2D eigenvalue weighted by Gasteiger charge is 2.14. The van der Waals surface area contributed by atoms with Gasteiger partial charge in [0.15, 0.2) is 0 Å². The third kappa shape index (κ3) is 5.41. The Labute approximate surface area is 171 Å². The zero-order valence-electron chi connectivity index (χ0n) is 16.0. The highest BCUT2D eigenvalue weighted by atomic mass is 32.2. The Morgan fingerprint density at radius 1 is 1.24 bits per heavy atom. The van der Waals surface area contributed by atoms with Crippen molar-refractivity contribution in [3.05, 3.63) is 64.2 Å². The highest BCUT2D eigenvalue weighted by Crippen LogP contribution is 2.26. The molecule has 1 aromatic heterocycles. The van der Waals surface area contributed by atoms with Crippen LogP contribution in [-0.4, -0.2) is 26.8 Å². The van der Waals surface area contributed by atoms with Gasteiger partial charge < -0.3 is 9.73 Å². The van der Waals surface area contributed by atoms with E-state index in [4.69, 9.17) is 4.42 Å². The molecule has 0 aliphatic carbocycles. The molecule has 0 fully saturated rings. The normalized spacial score (nSPS) is 11.8. The van der Waals surface area contributed by atoms with Crippen LogP contribution >= 0.6 is 11.8 Å². The topological polar surface area (TPSA) is 111 Å². The quantitative estimate of drug-likeness (QED) is 0.318. The Kier molecular flexibility index (Phi) is 6.61. The molecule has 0 spiro atoms. The lowest BCUT2D eigenvalue weighted by molar-refractivity contribution is -0.384. The van der Waals surface area contributed by atoms with E-state index >= 15 is 0 Å². The molecule has 3 aromatic rings. The van der Waals surface area contributed by atoms with Crippen molar-refractivity contribution in [2.24, 2.45) is 0 Å². The maximum Gasteiger partial charge on any atom is 0.277 e. The number of aromatic nitrogens is 2. The van der Waals surface area contributed by atoms with Crippen LogP contribution in [-0.2, 0) is 4.79 Å². The molecule has 29 heavy (non-hydrogen) atoms. The van der Waals surface area contributed by atoms with E-state index in [1.165, 1.54) is 17.7 Å². The lowest BCUT2D eigenvalue weighted by Gasteiger charge is -2.10. The number of thioether (sulfide) groups is 1. The van der Waals surface area contributed by atoms with E-state index in [0.29, 0.717) is 11.5 Å². The Morgan fingerprint density at radius 3 is 2.69 bits per heavy atom. The van der Waals surface area contributed by atoms with Crippen LogP contribution in [0.25, 0.3) is 11.5 Å². The predicted molar refractivity (Wildman–Crippen MR) is 111 cm³/mol. The molecule has 0 radical (unpaired) electrons. The summed E-state index contributed by atoms with van der Waals surface area (Å²) >= 11 is 1.10. The van der Waals surface area contributed by atoms with E-state index in [2.05, 4.69) is 29.4 Å². The summed E-state index contributed by atoms with van der Waals surface area (Å²) in [4.78, 5) is 22.5. The van der Waals surface area contributed by atoms with Crippen LogP contribution in [0.1, 0.15) is 31.7 Å². The third-order valence-electron chi connectivity index (χ3n) is 4.41. The van der Waals surface area contributed by atoms with Crippen molar-refractivity contribution in [1.82, 2.24) is 10.2 Å². The number of amides is 1. The van der Waals surface area contributed by atoms with Crippen molar-refractivity contribution >= 4 is 29.0 Å². The van der Waals surface area contributed by atoms with Crippen LogP contribution in [0.15, 0.2) is 58.2 Å². The molecule has 0 aliphatic heterocycles. The van der Waals surface area contributed by atoms with Crippen LogP contribution in [0.4, 0.5) is 11.4 Å². The summed E-state index contributed by atoms with van der Waals surface area (Å²) in [5.74, 6) is 0.552. The van der Waals surface area contributed by atoms with Gasteiger partial charge in [0, 0.05) is 23.4 Å². The molecule has 1 heterocycles. The summed E-state index contributed by atoms with van der Waals surface area (Å²) < 4.78 is 5.50. The Morgan fingerprint density at radius 2 is 2.00 bits per heavy atom. The number of benzene rings is 2. The fourth-order valence-electron chi connectivity index (χ4n) is 2.59. The minimum Gasteiger partial charge on any atom is -0.411 e. The largest absolute Gasteiger partial charge is 0.411 e. The van der Waals surface area contributed by atoms with Crippen molar-refractivity contribution in [2.75, 3.05) is 11.1 Å². The fraction of sp³-hybridized carbons (Fsp3) is 0.250. The molecule has 2 aromatic carbocycles. The Balaban J connectivity index is 1.56. The molecule has 1 amide bonds. The number of hydrogen-bond acceptors (Lipinski definition) is 7. The minimum absolute atomic E-state index is 0.0615. The second-order valence-corrected chi connectivity index (χ2v) is 7.38. The van der Waals surface area contributed by atoms with Gasteiger partial charge in [0.1, 0.15) is 0 Å². The van der Waals surface area contributed by atoms with E-state index in [1.54, 1.807) is 12.1 Å². The molecule has 0 saturated carbocycles. The van der Waals surface area contributed by atoms with Gasteiger partial charge in [-0.15, -0.1) is 10.2 Å². The summed E-state index contributed by atoms with van der Waals surface area (Å²) in [5.41, 5.74) is 2.35. The smallest absolute Gasteiger partial charge is 0.277 e. The van der Waals surface area contributed by atoms with Gasteiger partial charge in [-0.3, -0.25) is 14.9 Å². The molecular weight excluding hydrogens is 392 g/mol. The molecule has 0 unspecified atom stereocenters. The molecule has 8 nitrogen and oxygen atoms in total. The average molecular weight is 412 g/mol. The van der Waals surface area contributed by atoms with Crippen LogP contribution in [0, 0.1) is 10.1 Å². The first kappa shape index (κ1) is 20.5. The molecule has 9 heteroatoms. The number of carbonyl (C=O) groups is 1. The first-order chi connectivity index (χ1) is 14.0. The lowest BCUT2D eigenvalue weighted by atomic mass is 9.99. The van der Waals surface area contributed by atoms with Gasteiger partial charge in [0.05, 0.1) is 10.7 Å². The molecule has 3 rings (SSSR count). The predicted octanol–water partition coefficient (Wildman–Crippen LogP) is 4.89. The third-order valence-corrected chi connectivity index (χ3v) is 5.23. The van der Waals surface area contributed by atoms with Crippen LogP contribution in [0.2, 0.25) is 0 Å². The summed E-state index contributed by atoms with van der Waals surface area (Å²) in [6.45, 7) is 4.30. The summed E-state index contributed by atoms with van der Waals surface area (Å²) in [5, 5.41) is 21.7. The molecule has 0 bridgehead atoms. The SMILES string of the molecule is CC[C@H](C)c1ccc(NC(=O)CSc2nnc(-c3cccc([N+](=O)[O-])c3)o2)cc1. The monoisotopic (exact) mass is 412 g/mol. The molecule has 0 saturated heterocycles.